The van der Waals surface area contributed by atoms with Crippen LogP contribution in [0, 0.1) is 17.8 Å². The highest BCUT2D eigenvalue weighted by Gasteiger charge is 2.30. The lowest BCUT2D eigenvalue weighted by molar-refractivity contribution is -0.274. The van der Waals surface area contributed by atoms with E-state index >= 15 is 0 Å². The van der Waals surface area contributed by atoms with Crippen LogP contribution in [-0.2, 0) is 9.47 Å². The smallest absolute Gasteiger partial charge is 0.406 e. The molecule has 0 bridgehead atoms. The van der Waals surface area contributed by atoms with Crippen molar-refractivity contribution in [1.82, 2.24) is 0 Å². The third-order valence-corrected chi connectivity index (χ3v) is 4.30. The molecule has 2 aromatic carbocycles. The van der Waals surface area contributed by atoms with E-state index in [0.717, 1.165) is 29.5 Å². The summed E-state index contributed by atoms with van der Waals surface area (Å²) in [6.07, 6.45) is -3.00. The second-order valence-electron chi connectivity index (χ2n) is 6.57. The van der Waals surface area contributed by atoms with Gasteiger partial charge in [-0.25, -0.2) is 0 Å². The first-order valence-electron chi connectivity index (χ1n) is 9.14. The van der Waals surface area contributed by atoms with Crippen LogP contribution in [0.2, 0.25) is 0 Å². The molecule has 0 N–H and O–H groups in total. The Hall–Kier alpha value is -2.49. The van der Waals surface area contributed by atoms with Crippen molar-refractivity contribution in [2.45, 2.75) is 32.4 Å². The zero-order chi connectivity index (χ0) is 20.0. The highest BCUT2D eigenvalue weighted by Crippen LogP contribution is 2.26. The highest BCUT2D eigenvalue weighted by molar-refractivity contribution is 5.65. The second kappa shape index (κ2) is 9.13. The van der Waals surface area contributed by atoms with E-state index in [-0.39, 0.29) is 5.75 Å². The lowest BCUT2D eigenvalue weighted by atomic mass is 10.0. The molecule has 6 heteroatoms. The topological polar surface area (TPSA) is 27.7 Å². The molecule has 0 aromatic heterocycles. The number of alkyl halides is 3. The Kier molecular flexibility index (Phi) is 6.61. The van der Waals surface area contributed by atoms with Crippen molar-refractivity contribution in [2.24, 2.45) is 5.92 Å². The molecule has 28 heavy (non-hydrogen) atoms. The Morgan fingerprint density at radius 1 is 0.964 bits per heavy atom. The highest BCUT2D eigenvalue weighted by atomic mass is 19.4. The largest absolute Gasteiger partial charge is 0.573 e. The van der Waals surface area contributed by atoms with Gasteiger partial charge in [-0.1, -0.05) is 43.5 Å². The lowest BCUT2D eigenvalue weighted by Gasteiger charge is -2.26. The first kappa shape index (κ1) is 20.2. The van der Waals surface area contributed by atoms with Crippen molar-refractivity contribution in [3.63, 3.8) is 0 Å². The summed E-state index contributed by atoms with van der Waals surface area (Å²) in [7, 11) is 0. The van der Waals surface area contributed by atoms with E-state index < -0.39 is 12.7 Å². The zero-order valence-corrected chi connectivity index (χ0v) is 15.5. The first-order valence-corrected chi connectivity index (χ1v) is 9.14. The summed E-state index contributed by atoms with van der Waals surface area (Å²) < 4.78 is 51.8. The molecule has 0 aliphatic carbocycles. The van der Waals surface area contributed by atoms with E-state index in [2.05, 4.69) is 23.5 Å². The summed E-state index contributed by atoms with van der Waals surface area (Å²) in [6, 6.07) is 13.2. The molecule has 3 nitrogen and oxygen atoms in total. The van der Waals surface area contributed by atoms with Gasteiger partial charge in [-0.2, -0.15) is 0 Å². The molecule has 0 spiro atoms. The van der Waals surface area contributed by atoms with Crippen LogP contribution in [0.3, 0.4) is 0 Å². The van der Waals surface area contributed by atoms with Gasteiger partial charge in [0.25, 0.3) is 0 Å². The average Bonchev–Trinajstić information content (AvgIpc) is 2.68. The molecule has 0 saturated carbocycles. The van der Waals surface area contributed by atoms with Crippen LogP contribution in [0.25, 0.3) is 11.1 Å². The predicted molar refractivity (Wildman–Crippen MR) is 99.5 cm³/mol. The quantitative estimate of drug-likeness (QED) is 0.655. The fraction of sp³-hybridized carbons (Fsp3) is 0.364. The third-order valence-electron chi connectivity index (χ3n) is 4.30. The standard InChI is InChI=1S/C22H21F3O3/c1-2-3-17-14-26-21(27-15-17)13-6-16-4-7-18(8-5-16)19-9-11-20(12-10-19)28-22(23,24)25/h4-5,7-12,17,21H,2-3,14-15H2,1H3/t17-,21-. The van der Waals surface area contributed by atoms with Gasteiger partial charge in [-0.05, 0) is 47.7 Å². The summed E-state index contributed by atoms with van der Waals surface area (Å²) in [5.41, 5.74) is 2.47. The van der Waals surface area contributed by atoms with Gasteiger partial charge in [0.2, 0.25) is 6.29 Å². The van der Waals surface area contributed by atoms with Crippen molar-refractivity contribution in [3.8, 4) is 28.7 Å². The second-order valence-corrected chi connectivity index (χ2v) is 6.57. The molecular weight excluding hydrogens is 369 g/mol. The molecule has 1 aliphatic heterocycles. The van der Waals surface area contributed by atoms with E-state index in [1.807, 2.05) is 24.3 Å². The van der Waals surface area contributed by atoms with Crippen LogP contribution < -0.4 is 4.74 Å². The molecule has 0 radical (unpaired) electrons. The van der Waals surface area contributed by atoms with Crippen LogP contribution in [0.1, 0.15) is 25.3 Å². The average molecular weight is 390 g/mol. The Morgan fingerprint density at radius 2 is 1.54 bits per heavy atom. The summed E-state index contributed by atoms with van der Waals surface area (Å²) in [5.74, 6) is 6.20. The number of hydrogen-bond donors (Lipinski definition) is 0. The molecule has 1 aliphatic rings. The first-order chi connectivity index (χ1) is 13.4. The number of rotatable bonds is 4. The minimum absolute atomic E-state index is 0.243. The van der Waals surface area contributed by atoms with Crippen LogP contribution in [0.5, 0.6) is 5.75 Å². The van der Waals surface area contributed by atoms with Crippen LogP contribution in [-0.4, -0.2) is 25.9 Å². The predicted octanol–water partition coefficient (Wildman–Crippen LogP) is 5.39. The molecule has 0 unspecified atom stereocenters. The number of ether oxygens (including phenoxy) is 3. The van der Waals surface area contributed by atoms with E-state index in [9.17, 15) is 13.2 Å². The summed E-state index contributed by atoms with van der Waals surface area (Å²) in [6.45, 7) is 3.47. The Balaban J connectivity index is 1.59. The SMILES string of the molecule is CCC[C@H]1CO[C@H](C#Cc2ccc(-c3ccc(OC(F)(F)F)cc3)cc2)OC1. The zero-order valence-electron chi connectivity index (χ0n) is 15.5. The summed E-state index contributed by atoms with van der Waals surface area (Å²) in [4.78, 5) is 0. The molecule has 1 fully saturated rings. The number of halogens is 3. The molecule has 2 aromatic rings. The molecule has 0 atom stereocenters. The normalized spacial score (nSPS) is 19.6. The van der Waals surface area contributed by atoms with Gasteiger partial charge >= 0.3 is 6.36 Å². The van der Waals surface area contributed by atoms with Crippen molar-refractivity contribution >= 4 is 0 Å². The molecular formula is C22H21F3O3. The molecule has 1 heterocycles. The van der Waals surface area contributed by atoms with Crippen molar-refractivity contribution in [3.05, 3.63) is 54.1 Å². The summed E-state index contributed by atoms with van der Waals surface area (Å²) >= 11 is 0. The van der Waals surface area contributed by atoms with Gasteiger partial charge in [-0.15, -0.1) is 13.2 Å². The van der Waals surface area contributed by atoms with Crippen molar-refractivity contribution in [2.75, 3.05) is 13.2 Å². The minimum atomic E-state index is -4.69. The van der Waals surface area contributed by atoms with Crippen LogP contribution in [0.15, 0.2) is 48.5 Å². The van der Waals surface area contributed by atoms with Gasteiger partial charge in [-0.3, -0.25) is 0 Å². The van der Waals surface area contributed by atoms with Gasteiger partial charge in [0, 0.05) is 11.5 Å². The fourth-order valence-corrected chi connectivity index (χ4v) is 2.94. The van der Waals surface area contributed by atoms with Gasteiger partial charge in [0.15, 0.2) is 0 Å². The van der Waals surface area contributed by atoms with Crippen molar-refractivity contribution in [1.29, 1.82) is 0 Å². The van der Waals surface area contributed by atoms with Gasteiger partial charge in [0.05, 0.1) is 13.2 Å². The Labute approximate surface area is 162 Å². The van der Waals surface area contributed by atoms with Crippen LogP contribution in [0.4, 0.5) is 13.2 Å². The summed E-state index contributed by atoms with van der Waals surface area (Å²) in [5, 5.41) is 0. The molecule has 148 valence electrons. The third kappa shape index (κ3) is 6.01. The monoisotopic (exact) mass is 390 g/mol. The minimum Gasteiger partial charge on any atom is -0.406 e. The van der Waals surface area contributed by atoms with Gasteiger partial charge < -0.3 is 14.2 Å². The molecule has 0 amide bonds. The lowest BCUT2D eigenvalue weighted by Crippen LogP contribution is -2.31. The van der Waals surface area contributed by atoms with Gasteiger partial charge in [0.1, 0.15) is 5.75 Å². The van der Waals surface area contributed by atoms with E-state index in [1.165, 1.54) is 12.1 Å². The van der Waals surface area contributed by atoms with E-state index in [0.29, 0.717) is 19.1 Å². The van der Waals surface area contributed by atoms with E-state index in [4.69, 9.17) is 9.47 Å². The van der Waals surface area contributed by atoms with E-state index in [1.54, 1.807) is 12.1 Å². The Bertz CT molecular complexity index is 809. The maximum Gasteiger partial charge on any atom is 0.573 e. The Morgan fingerprint density at radius 3 is 2.07 bits per heavy atom. The number of hydrogen-bond acceptors (Lipinski definition) is 3. The molecule has 1 saturated heterocycles. The fourth-order valence-electron chi connectivity index (χ4n) is 2.94. The van der Waals surface area contributed by atoms with Crippen LogP contribution >= 0.6 is 0 Å². The maximum atomic E-state index is 12.2. The van der Waals surface area contributed by atoms with Crippen molar-refractivity contribution < 1.29 is 27.4 Å². The molecule has 3 rings (SSSR count). The maximum absolute atomic E-state index is 12.2. The number of benzene rings is 2.